The average Bonchev–Trinajstić information content (AvgIpc) is 2.76. The second-order valence-corrected chi connectivity index (χ2v) is 6.57. The highest BCUT2D eigenvalue weighted by atomic mass is 79.9. The van der Waals surface area contributed by atoms with Crippen LogP contribution in [0.25, 0.3) is 0 Å². The Morgan fingerprint density at radius 1 is 1.45 bits per heavy atom. The quantitative estimate of drug-likeness (QED) is 0.716. The van der Waals surface area contributed by atoms with Crippen LogP contribution in [0.2, 0.25) is 0 Å². The van der Waals surface area contributed by atoms with Gasteiger partial charge in [0, 0.05) is 10.0 Å². The summed E-state index contributed by atoms with van der Waals surface area (Å²) in [6, 6.07) is 3.98. The van der Waals surface area contributed by atoms with Gasteiger partial charge in [0.25, 0.3) is 0 Å². The van der Waals surface area contributed by atoms with Gasteiger partial charge in [-0.1, -0.05) is 15.9 Å². The third-order valence-electron chi connectivity index (χ3n) is 2.43. The van der Waals surface area contributed by atoms with Crippen LogP contribution in [0.3, 0.4) is 0 Å². The topological polar surface area (TPSA) is 54.9 Å². The van der Waals surface area contributed by atoms with Crippen molar-refractivity contribution >= 4 is 44.1 Å². The molecule has 0 aliphatic carbocycles. The predicted molar refractivity (Wildman–Crippen MR) is 88.1 cm³/mol. The highest BCUT2D eigenvalue weighted by Gasteiger charge is 2.12. The van der Waals surface area contributed by atoms with Gasteiger partial charge in [0.1, 0.15) is 12.1 Å². The lowest BCUT2D eigenvalue weighted by atomic mass is 10.2. The lowest BCUT2D eigenvalue weighted by Gasteiger charge is -2.17. The van der Waals surface area contributed by atoms with Crippen molar-refractivity contribution in [2.75, 3.05) is 5.43 Å². The number of ether oxygens (including phenoxy) is 1. The number of rotatable bonds is 5. The fraction of sp³-hybridized carbons (Fsp3) is 0.333. The Balaban J connectivity index is 2.25. The zero-order valence-corrected chi connectivity index (χ0v) is 15.0. The fourth-order valence-electron chi connectivity index (χ4n) is 1.64. The number of aromatic amines is 1. The van der Waals surface area contributed by atoms with Crippen molar-refractivity contribution in [2.24, 2.45) is 0 Å². The molecule has 20 heavy (non-hydrogen) atoms. The van der Waals surface area contributed by atoms with E-state index in [0.717, 1.165) is 20.3 Å². The number of H-pyrrole nitrogens is 1. The van der Waals surface area contributed by atoms with Crippen molar-refractivity contribution in [3.05, 3.63) is 37.7 Å². The van der Waals surface area contributed by atoms with Crippen molar-refractivity contribution in [2.45, 2.75) is 26.5 Å². The van der Waals surface area contributed by atoms with Gasteiger partial charge in [0.05, 0.1) is 17.1 Å². The number of nitrogens with zero attached hydrogens (tertiary/aromatic N) is 2. The van der Waals surface area contributed by atoms with E-state index in [2.05, 4.69) is 47.5 Å². The Morgan fingerprint density at radius 2 is 2.20 bits per heavy atom. The Hall–Kier alpha value is -0.860. The maximum Gasteiger partial charge on any atom is 0.214 e. The van der Waals surface area contributed by atoms with Crippen LogP contribution in [0.15, 0.2) is 27.4 Å². The van der Waals surface area contributed by atoms with E-state index in [0.29, 0.717) is 11.3 Å². The van der Waals surface area contributed by atoms with Crippen LogP contribution in [-0.4, -0.2) is 21.0 Å². The van der Waals surface area contributed by atoms with Gasteiger partial charge in [-0.25, -0.2) is 4.68 Å². The van der Waals surface area contributed by atoms with Gasteiger partial charge in [-0.05, 0) is 54.1 Å². The van der Waals surface area contributed by atoms with Crippen molar-refractivity contribution in [1.29, 1.82) is 0 Å². The summed E-state index contributed by atoms with van der Waals surface area (Å²) in [6.45, 7) is 4.56. The van der Waals surface area contributed by atoms with E-state index < -0.39 is 0 Å². The normalized spacial score (nSPS) is 10.8. The number of halogens is 2. The highest BCUT2D eigenvalue weighted by Crippen LogP contribution is 2.33. The van der Waals surface area contributed by atoms with Crippen LogP contribution in [0.4, 0.5) is 0 Å². The minimum absolute atomic E-state index is 0.0994. The van der Waals surface area contributed by atoms with Crippen molar-refractivity contribution in [3.63, 3.8) is 0 Å². The van der Waals surface area contributed by atoms with Crippen LogP contribution in [0, 0.1) is 4.77 Å². The number of aromatic nitrogens is 3. The molecule has 0 saturated carbocycles. The van der Waals surface area contributed by atoms with E-state index in [1.54, 1.807) is 11.0 Å². The van der Waals surface area contributed by atoms with Crippen LogP contribution in [0.5, 0.6) is 5.75 Å². The van der Waals surface area contributed by atoms with Gasteiger partial charge in [0.2, 0.25) is 4.77 Å². The lowest BCUT2D eigenvalue weighted by Crippen LogP contribution is -2.15. The zero-order chi connectivity index (χ0) is 14.7. The second-order valence-electron chi connectivity index (χ2n) is 4.41. The maximum absolute atomic E-state index is 5.86. The second kappa shape index (κ2) is 6.73. The summed E-state index contributed by atoms with van der Waals surface area (Å²) >= 11 is 12.1. The van der Waals surface area contributed by atoms with E-state index in [9.17, 15) is 0 Å². The monoisotopic (exact) mass is 420 g/mol. The SMILES string of the molecule is CC(C)Oc1c(Br)cc(Br)cc1CNn1cn[nH]c1=S. The van der Waals surface area contributed by atoms with E-state index >= 15 is 0 Å². The standard InChI is InChI=1S/C12H14Br2N4OS/c1-7(2)19-11-8(3-9(13)4-10(11)14)5-16-18-6-15-17-12(18)20/h3-4,6-7,16H,5H2,1-2H3,(H,17,20). The molecule has 1 aromatic carbocycles. The summed E-state index contributed by atoms with van der Waals surface area (Å²) in [7, 11) is 0. The number of hydrogen-bond donors (Lipinski definition) is 2. The van der Waals surface area contributed by atoms with E-state index in [1.165, 1.54) is 0 Å². The molecule has 2 aromatic rings. The molecule has 0 aliphatic heterocycles. The summed E-state index contributed by atoms with van der Waals surface area (Å²) in [4.78, 5) is 0. The molecule has 0 aliphatic rings. The van der Waals surface area contributed by atoms with Gasteiger partial charge in [-0.3, -0.25) is 5.10 Å². The lowest BCUT2D eigenvalue weighted by molar-refractivity contribution is 0.238. The molecule has 0 radical (unpaired) electrons. The Labute approximate surface area is 139 Å². The Bertz CT molecular complexity index is 653. The van der Waals surface area contributed by atoms with Gasteiger partial charge in [-0.2, -0.15) is 5.10 Å². The molecule has 0 fully saturated rings. The molecule has 8 heteroatoms. The van der Waals surface area contributed by atoms with Gasteiger partial charge in [0.15, 0.2) is 0 Å². The van der Waals surface area contributed by atoms with E-state index in [-0.39, 0.29) is 6.10 Å². The first-order valence-electron chi connectivity index (χ1n) is 5.98. The summed E-state index contributed by atoms with van der Waals surface area (Å²) < 4.78 is 9.93. The number of nitrogens with one attached hydrogen (secondary N) is 2. The minimum atomic E-state index is 0.0994. The van der Waals surface area contributed by atoms with Gasteiger partial charge < -0.3 is 10.2 Å². The van der Waals surface area contributed by atoms with E-state index in [4.69, 9.17) is 17.0 Å². The molecular weight excluding hydrogens is 408 g/mol. The van der Waals surface area contributed by atoms with Crippen LogP contribution < -0.4 is 10.2 Å². The highest BCUT2D eigenvalue weighted by molar-refractivity contribution is 9.11. The molecule has 1 aromatic heterocycles. The molecule has 0 atom stereocenters. The van der Waals surface area contributed by atoms with Gasteiger partial charge in [-0.15, -0.1) is 0 Å². The number of benzene rings is 1. The first kappa shape index (κ1) is 15.5. The molecule has 5 nitrogen and oxygen atoms in total. The Morgan fingerprint density at radius 3 is 2.80 bits per heavy atom. The summed E-state index contributed by atoms with van der Waals surface area (Å²) in [5.74, 6) is 0.825. The molecule has 0 unspecified atom stereocenters. The maximum atomic E-state index is 5.86. The first-order valence-corrected chi connectivity index (χ1v) is 7.97. The molecule has 1 heterocycles. The molecular formula is C12H14Br2N4OS. The average molecular weight is 422 g/mol. The van der Waals surface area contributed by atoms with Crippen LogP contribution >= 0.6 is 44.1 Å². The molecule has 0 amide bonds. The summed E-state index contributed by atoms with van der Waals surface area (Å²) in [5.41, 5.74) is 4.19. The largest absolute Gasteiger partial charge is 0.489 e. The molecule has 0 bridgehead atoms. The molecule has 0 saturated heterocycles. The van der Waals surface area contributed by atoms with Crippen LogP contribution in [-0.2, 0) is 6.54 Å². The van der Waals surface area contributed by atoms with E-state index in [1.807, 2.05) is 26.0 Å². The third-order valence-corrected chi connectivity index (χ3v) is 3.77. The van der Waals surface area contributed by atoms with Crippen molar-refractivity contribution in [1.82, 2.24) is 14.9 Å². The van der Waals surface area contributed by atoms with Crippen molar-refractivity contribution < 1.29 is 4.74 Å². The first-order chi connectivity index (χ1) is 9.47. The van der Waals surface area contributed by atoms with Gasteiger partial charge >= 0.3 is 0 Å². The smallest absolute Gasteiger partial charge is 0.214 e. The zero-order valence-electron chi connectivity index (χ0n) is 11.0. The fourth-order valence-corrected chi connectivity index (χ4v) is 3.22. The minimum Gasteiger partial charge on any atom is -0.489 e. The molecule has 0 spiro atoms. The molecule has 2 rings (SSSR count). The summed E-state index contributed by atoms with van der Waals surface area (Å²) in [5, 5.41) is 6.55. The summed E-state index contributed by atoms with van der Waals surface area (Å²) in [6.07, 6.45) is 1.69. The predicted octanol–water partition coefficient (Wildman–Crippen LogP) is 4.00. The van der Waals surface area contributed by atoms with Crippen LogP contribution in [0.1, 0.15) is 19.4 Å². The third kappa shape index (κ3) is 3.83. The Kier molecular flexibility index (Phi) is 5.22. The molecule has 108 valence electrons. The number of hydrogen-bond acceptors (Lipinski definition) is 4. The molecule has 2 N–H and O–H groups in total. The van der Waals surface area contributed by atoms with Crippen molar-refractivity contribution in [3.8, 4) is 5.75 Å².